The maximum atomic E-state index is 11.8. The summed E-state index contributed by atoms with van der Waals surface area (Å²) in [5, 5.41) is 0. The topological polar surface area (TPSA) is 34.1 Å². The van der Waals surface area contributed by atoms with Gasteiger partial charge in [0.15, 0.2) is 5.78 Å². The minimum absolute atomic E-state index is 0.0170. The van der Waals surface area contributed by atoms with E-state index in [4.69, 9.17) is 0 Å². The lowest BCUT2D eigenvalue weighted by atomic mass is 9.83. The van der Waals surface area contributed by atoms with Gasteiger partial charge in [0.1, 0.15) is 5.78 Å². The first-order valence-corrected chi connectivity index (χ1v) is 6.46. The molecule has 1 aromatic rings. The predicted octanol–water partition coefficient (Wildman–Crippen LogP) is 3.20. The minimum Gasteiger partial charge on any atom is -0.299 e. The number of Topliss-reactive ketones (excluding diaryl/α,β-unsaturated/α-hetero) is 1. The average molecular weight is 242 g/mol. The van der Waals surface area contributed by atoms with Crippen LogP contribution in [0.3, 0.4) is 0 Å². The third-order valence-corrected chi connectivity index (χ3v) is 3.59. The summed E-state index contributed by atoms with van der Waals surface area (Å²) in [6, 6.07) is 8.31. The standard InChI is InChI=1S/C16H18O2/c1-3-12-4-6-13(7-5-12)14-8-9-15(11(2)17)16(18)10-14/h4-7,10,15H,3,8-9H2,1-2H3. The minimum atomic E-state index is -0.413. The second-order valence-electron chi connectivity index (χ2n) is 4.82. The number of benzene rings is 1. The molecule has 2 heteroatoms. The van der Waals surface area contributed by atoms with Crippen LogP contribution in [-0.4, -0.2) is 11.6 Å². The Morgan fingerprint density at radius 1 is 1.28 bits per heavy atom. The molecule has 18 heavy (non-hydrogen) atoms. The molecule has 0 aromatic heterocycles. The number of carbonyl (C=O) groups excluding carboxylic acids is 2. The Morgan fingerprint density at radius 3 is 2.44 bits per heavy atom. The van der Waals surface area contributed by atoms with Crippen LogP contribution < -0.4 is 0 Å². The van der Waals surface area contributed by atoms with E-state index in [9.17, 15) is 9.59 Å². The summed E-state index contributed by atoms with van der Waals surface area (Å²) in [6.45, 7) is 3.62. The monoisotopic (exact) mass is 242 g/mol. The molecule has 2 rings (SSSR count). The molecule has 0 spiro atoms. The largest absolute Gasteiger partial charge is 0.299 e. The first-order valence-electron chi connectivity index (χ1n) is 6.46. The summed E-state index contributed by atoms with van der Waals surface area (Å²) < 4.78 is 0. The van der Waals surface area contributed by atoms with Crippen molar-refractivity contribution < 1.29 is 9.59 Å². The summed E-state index contributed by atoms with van der Waals surface area (Å²) >= 11 is 0. The molecular formula is C16H18O2. The Kier molecular flexibility index (Phi) is 3.75. The van der Waals surface area contributed by atoms with Gasteiger partial charge in [-0.1, -0.05) is 31.2 Å². The van der Waals surface area contributed by atoms with Gasteiger partial charge in [0.2, 0.25) is 0 Å². The molecule has 0 fully saturated rings. The Bertz CT molecular complexity index is 494. The smallest absolute Gasteiger partial charge is 0.166 e. The number of allylic oxidation sites excluding steroid dienone is 2. The number of hydrogen-bond donors (Lipinski definition) is 0. The number of aryl methyl sites for hydroxylation is 1. The quantitative estimate of drug-likeness (QED) is 0.763. The van der Waals surface area contributed by atoms with Gasteiger partial charge in [-0.2, -0.15) is 0 Å². The molecule has 94 valence electrons. The van der Waals surface area contributed by atoms with Gasteiger partial charge in [-0.05, 0) is 49.0 Å². The highest BCUT2D eigenvalue weighted by atomic mass is 16.1. The Balaban J connectivity index is 2.22. The highest BCUT2D eigenvalue weighted by molar-refractivity contribution is 6.10. The summed E-state index contributed by atoms with van der Waals surface area (Å²) in [5.41, 5.74) is 3.45. The normalized spacial score (nSPS) is 19.6. The molecule has 0 aliphatic heterocycles. The van der Waals surface area contributed by atoms with Crippen molar-refractivity contribution in [3.63, 3.8) is 0 Å². The molecular weight excluding hydrogens is 224 g/mol. The fourth-order valence-electron chi connectivity index (χ4n) is 2.37. The summed E-state index contributed by atoms with van der Waals surface area (Å²) in [4.78, 5) is 23.1. The van der Waals surface area contributed by atoms with E-state index in [1.807, 2.05) is 0 Å². The molecule has 1 atom stereocenters. The molecule has 1 aromatic carbocycles. The molecule has 1 aliphatic carbocycles. The van der Waals surface area contributed by atoms with Crippen molar-refractivity contribution >= 4 is 17.1 Å². The average Bonchev–Trinajstić information content (AvgIpc) is 2.38. The van der Waals surface area contributed by atoms with Crippen LogP contribution in [0, 0.1) is 5.92 Å². The van der Waals surface area contributed by atoms with Crippen molar-refractivity contribution in [2.75, 3.05) is 0 Å². The van der Waals surface area contributed by atoms with Gasteiger partial charge in [-0.15, -0.1) is 0 Å². The maximum Gasteiger partial charge on any atom is 0.166 e. The molecule has 0 saturated carbocycles. The van der Waals surface area contributed by atoms with Crippen LogP contribution in [0.2, 0.25) is 0 Å². The predicted molar refractivity (Wildman–Crippen MR) is 72.2 cm³/mol. The second kappa shape index (κ2) is 5.30. The Labute approximate surface area is 108 Å². The van der Waals surface area contributed by atoms with E-state index < -0.39 is 5.92 Å². The molecule has 0 N–H and O–H groups in total. The zero-order valence-electron chi connectivity index (χ0n) is 10.9. The van der Waals surface area contributed by atoms with E-state index in [2.05, 4.69) is 31.2 Å². The van der Waals surface area contributed by atoms with E-state index in [0.717, 1.165) is 24.0 Å². The lowest BCUT2D eigenvalue weighted by Gasteiger charge is -2.18. The third kappa shape index (κ3) is 2.58. The molecule has 0 saturated heterocycles. The van der Waals surface area contributed by atoms with Gasteiger partial charge in [0.05, 0.1) is 5.92 Å². The highest BCUT2D eigenvalue weighted by Crippen LogP contribution is 2.28. The second-order valence-corrected chi connectivity index (χ2v) is 4.82. The van der Waals surface area contributed by atoms with Gasteiger partial charge in [0.25, 0.3) is 0 Å². The molecule has 0 bridgehead atoms. The SMILES string of the molecule is CCc1ccc(C2=CC(=O)C(C(C)=O)CC2)cc1. The van der Waals surface area contributed by atoms with Crippen molar-refractivity contribution in [1.82, 2.24) is 0 Å². The van der Waals surface area contributed by atoms with Gasteiger partial charge < -0.3 is 0 Å². The Morgan fingerprint density at radius 2 is 1.94 bits per heavy atom. The van der Waals surface area contributed by atoms with E-state index >= 15 is 0 Å². The third-order valence-electron chi connectivity index (χ3n) is 3.59. The summed E-state index contributed by atoms with van der Waals surface area (Å²) in [6.07, 6.45) is 4.12. The van der Waals surface area contributed by atoms with Crippen LogP contribution in [-0.2, 0) is 16.0 Å². The molecule has 1 aliphatic rings. The molecule has 1 unspecified atom stereocenters. The first kappa shape index (κ1) is 12.7. The van der Waals surface area contributed by atoms with E-state index in [1.165, 1.54) is 12.5 Å². The van der Waals surface area contributed by atoms with Crippen LogP contribution in [0.15, 0.2) is 30.3 Å². The number of rotatable bonds is 3. The molecule has 0 heterocycles. The zero-order chi connectivity index (χ0) is 13.1. The number of ketones is 2. The summed E-state index contributed by atoms with van der Waals surface area (Å²) in [7, 11) is 0. The van der Waals surface area contributed by atoms with Crippen LogP contribution >= 0.6 is 0 Å². The van der Waals surface area contributed by atoms with Crippen molar-refractivity contribution in [1.29, 1.82) is 0 Å². The van der Waals surface area contributed by atoms with Crippen molar-refractivity contribution in [2.24, 2.45) is 5.92 Å². The molecule has 0 amide bonds. The highest BCUT2D eigenvalue weighted by Gasteiger charge is 2.26. The Hall–Kier alpha value is -1.70. The van der Waals surface area contributed by atoms with Crippen molar-refractivity contribution in [3.05, 3.63) is 41.5 Å². The summed E-state index contributed by atoms with van der Waals surface area (Å²) in [5.74, 6) is -0.469. The van der Waals surface area contributed by atoms with E-state index in [1.54, 1.807) is 6.08 Å². The number of carbonyl (C=O) groups is 2. The van der Waals surface area contributed by atoms with E-state index in [0.29, 0.717) is 6.42 Å². The lowest BCUT2D eigenvalue weighted by molar-refractivity contribution is -0.129. The molecule has 0 radical (unpaired) electrons. The maximum absolute atomic E-state index is 11.8. The van der Waals surface area contributed by atoms with Crippen LogP contribution in [0.25, 0.3) is 5.57 Å². The van der Waals surface area contributed by atoms with Crippen LogP contribution in [0.1, 0.15) is 37.8 Å². The van der Waals surface area contributed by atoms with Crippen molar-refractivity contribution in [3.8, 4) is 0 Å². The van der Waals surface area contributed by atoms with Gasteiger partial charge >= 0.3 is 0 Å². The van der Waals surface area contributed by atoms with E-state index in [-0.39, 0.29) is 11.6 Å². The molecule has 2 nitrogen and oxygen atoms in total. The first-order chi connectivity index (χ1) is 8.61. The van der Waals surface area contributed by atoms with Gasteiger partial charge in [-0.3, -0.25) is 9.59 Å². The van der Waals surface area contributed by atoms with Crippen LogP contribution in [0.4, 0.5) is 0 Å². The van der Waals surface area contributed by atoms with Crippen molar-refractivity contribution in [2.45, 2.75) is 33.1 Å². The number of hydrogen-bond acceptors (Lipinski definition) is 2. The fourth-order valence-corrected chi connectivity index (χ4v) is 2.37. The lowest BCUT2D eigenvalue weighted by Crippen LogP contribution is -2.23. The van der Waals surface area contributed by atoms with Gasteiger partial charge in [-0.25, -0.2) is 0 Å². The van der Waals surface area contributed by atoms with Crippen LogP contribution in [0.5, 0.6) is 0 Å². The zero-order valence-corrected chi connectivity index (χ0v) is 10.9. The van der Waals surface area contributed by atoms with Gasteiger partial charge in [0, 0.05) is 0 Å². The fraction of sp³-hybridized carbons (Fsp3) is 0.375.